The van der Waals surface area contributed by atoms with Crippen molar-refractivity contribution in [2.75, 3.05) is 6.61 Å². The molecule has 1 saturated heterocycles. The van der Waals surface area contributed by atoms with E-state index in [0.29, 0.717) is 19.8 Å². The van der Waals surface area contributed by atoms with Crippen molar-refractivity contribution in [3.63, 3.8) is 0 Å². The second-order valence-electron chi connectivity index (χ2n) is 7.42. The number of thioether (sulfide) groups is 1. The molecule has 168 valence electrons. The lowest BCUT2D eigenvalue weighted by molar-refractivity contribution is 0.0189. The largest absolute Gasteiger partial charge is 0.376 e. The van der Waals surface area contributed by atoms with Gasteiger partial charge >= 0.3 is 5.69 Å². The van der Waals surface area contributed by atoms with Crippen LogP contribution in [0.4, 0.5) is 4.39 Å². The quantitative estimate of drug-likeness (QED) is 0.330. The number of nitrogens with one attached hydrogen (secondary N) is 1. The van der Waals surface area contributed by atoms with E-state index >= 15 is 0 Å². The Morgan fingerprint density at radius 3 is 2.28 bits per heavy atom. The van der Waals surface area contributed by atoms with Crippen LogP contribution in [0.5, 0.6) is 0 Å². The van der Waals surface area contributed by atoms with E-state index in [1.54, 1.807) is 0 Å². The average Bonchev–Trinajstić information content (AvgIpc) is 3.11. The number of hydrogen-bond acceptors (Lipinski definition) is 5. The first-order valence-corrected chi connectivity index (χ1v) is 12.3. The molecule has 1 aromatic heterocycles. The molecule has 1 aliphatic rings. The highest BCUT2D eigenvalue weighted by molar-refractivity contribution is 14.1. The van der Waals surface area contributed by atoms with E-state index < -0.39 is 22.4 Å². The van der Waals surface area contributed by atoms with Crippen molar-refractivity contribution in [1.29, 1.82) is 0 Å². The van der Waals surface area contributed by atoms with Gasteiger partial charge < -0.3 is 9.47 Å². The van der Waals surface area contributed by atoms with Crippen LogP contribution in [-0.4, -0.2) is 31.4 Å². The zero-order valence-electron chi connectivity index (χ0n) is 17.0. The van der Waals surface area contributed by atoms with Crippen molar-refractivity contribution in [2.24, 2.45) is 0 Å². The van der Waals surface area contributed by atoms with Gasteiger partial charge in [-0.05, 0) is 11.1 Å². The van der Waals surface area contributed by atoms with Gasteiger partial charge in [0.05, 0.1) is 46.7 Å². The average molecular weight is 568 g/mol. The molecule has 1 aliphatic heterocycles. The van der Waals surface area contributed by atoms with E-state index in [-0.39, 0.29) is 15.3 Å². The predicted octanol–water partition coefficient (Wildman–Crippen LogP) is 3.90. The van der Waals surface area contributed by atoms with Gasteiger partial charge in [-0.25, -0.2) is 4.79 Å². The Morgan fingerprint density at radius 2 is 1.62 bits per heavy atom. The van der Waals surface area contributed by atoms with Crippen LogP contribution in [0.2, 0.25) is 0 Å². The van der Waals surface area contributed by atoms with Gasteiger partial charge in [-0.1, -0.05) is 83.3 Å². The highest BCUT2D eigenvalue weighted by Gasteiger charge is 2.45. The number of hydrogen-bond donors (Lipinski definition) is 1. The number of ether oxygens (including phenoxy) is 2. The molecule has 4 atom stereocenters. The maximum absolute atomic E-state index is 13.9. The molecular weight excluding hydrogens is 546 g/mol. The molecule has 3 aromatic rings. The lowest BCUT2D eigenvalue weighted by atomic mass is 10.1. The normalized spacial score (nSPS) is 22.8. The van der Waals surface area contributed by atoms with Gasteiger partial charge in [0.1, 0.15) is 0 Å². The minimum absolute atomic E-state index is 0.0730. The van der Waals surface area contributed by atoms with Crippen LogP contribution in [0, 0.1) is 5.82 Å². The van der Waals surface area contributed by atoms with Gasteiger partial charge in [0.25, 0.3) is 5.56 Å². The molecule has 0 bridgehead atoms. The highest BCUT2D eigenvalue weighted by atomic mass is 127. The fourth-order valence-corrected chi connectivity index (χ4v) is 6.91. The summed E-state index contributed by atoms with van der Waals surface area (Å²) in [6, 6.07) is 19.7. The number of nitrogens with zero attached hydrogens (tertiary/aromatic N) is 1. The topological polar surface area (TPSA) is 73.3 Å². The molecule has 2 heterocycles. The molecule has 0 saturated carbocycles. The van der Waals surface area contributed by atoms with E-state index in [2.05, 4.69) is 22.6 Å². The maximum Gasteiger partial charge on any atom is 0.329 e. The summed E-state index contributed by atoms with van der Waals surface area (Å²) in [5.74, 6) is -0.987. The smallest absolute Gasteiger partial charge is 0.329 e. The van der Waals surface area contributed by atoms with Crippen LogP contribution in [0.15, 0.2) is 76.4 Å². The summed E-state index contributed by atoms with van der Waals surface area (Å²) in [4.78, 5) is 25.9. The molecule has 0 amide bonds. The number of benzene rings is 2. The van der Waals surface area contributed by atoms with Crippen molar-refractivity contribution in [1.82, 2.24) is 9.55 Å². The number of aromatic nitrogens is 2. The zero-order chi connectivity index (χ0) is 22.5. The third kappa shape index (κ3) is 5.51. The van der Waals surface area contributed by atoms with E-state index in [0.717, 1.165) is 17.3 Å². The minimum Gasteiger partial charge on any atom is -0.376 e. The molecular formula is C23H22FIN2O4S. The van der Waals surface area contributed by atoms with Gasteiger partial charge in [0.15, 0.2) is 0 Å². The second kappa shape index (κ2) is 10.8. The molecule has 0 aliphatic carbocycles. The number of alkyl halides is 1. The van der Waals surface area contributed by atoms with Crippen molar-refractivity contribution >= 4 is 34.4 Å². The lowest BCUT2D eigenvalue weighted by Gasteiger charge is -2.22. The Hall–Kier alpha value is -1.95. The van der Waals surface area contributed by atoms with Crippen LogP contribution in [0.3, 0.4) is 0 Å². The highest BCUT2D eigenvalue weighted by Crippen LogP contribution is 2.47. The summed E-state index contributed by atoms with van der Waals surface area (Å²) >= 11 is 3.74. The summed E-state index contributed by atoms with van der Waals surface area (Å²) in [6.45, 7) is 1.30. The first kappa shape index (κ1) is 23.2. The first-order chi connectivity index (χ1) is 15.5. The zero-order valence-corrected chi connectivity index (χ0v) is 20.0. The lowest BCUT2D eigenvalue weighted by Crippen LogP contribution is -2.37. The monoisotopic (exact) mass is 568 g/mol. The molecule has 0 spiro atoms. The number of halogens is 2. The summed E-state index contributed by atoms with van der Waals surface area (Å²) in [7, 11) is 0. The summed E-state index contributed by atoms with van der Waals surface area (Å²) in [6.07, 6.45) is 0.745. The van der Waals surface area contributed by atoms with Gasteiger partial charge in [0, 0.05) is 0 Å². The standard InChI is InChI=1S/C23H22FIN2O4S/c24-17-11-27(23(29)26-21(17)28)22-19(25)20(31-13-16-9-5-2-6-10-16)18(32-22)14-30-12-15-7-3-1-4-8-15/h1-11,18-20,22H,12-14H2,(H,26,28,29)/t18-,19+,20-,22+/m1/s1. The molecule has 9 heteroatoms. The van der Waals surface area contributed by atoms with Crippen LogP contribution < -0.4 is 11.2 Å². The number of H-pyrrole nitrogens is 1. The van der Waals surface area contributed by atoms with Crippen molar-refractivity contribution < 1.29 is 13.9 Å². The molecule has 0 radical (unpaired) electrons. The van der Waals surface area contributed by atoms with Crippen LogP contribution in [-0.2, 0) is 22.7 Å². The fraction of sp³-hybridized carbons (Fsp3) is 0.304. The molecule has 1 N–H and O–H groups in total. The van der Waals surface area contributed by atoms with E-state index in [9.17, 15) is 14.0 Å². The van der Waals surface area contributed by atoms with Crippen LogP contribution in [0.25, 0.3) is 0 Å². The molecule has 32 heavy (non-hydrogen) atoms. The molecule has 6 nitrogen and oxygen atoms in total. The van der Waals surface area contributed by atoms with Gasteiger partial charge in [-0.2, -0.15) is 4.39 Å². The second-order valence-corrected chi connectivity index (χ2v) is 10.2. The SMILES string of the molecule is O=c1[nH]c(=O)n([C@H]2S[C@H](COCc3ccccc3)[C@@H](OCc3ccccc3)[C@@H]2I)cc1F. The Morgan fingerprint density at radius 1 is 1.00 bits per heavy atom. The summed E-state index contributed by atoms with van der Waals surface area (Å²) in [5, 5.41) is -0.475. The Bertz CT molecular complexity index is 1140. The van der Waals surface area contributed by atoms with Crippen LogP contribution >= 0.6 is 34.4 Å². The predicted molar refractivity (Wildman–Crippen MR) is 131 cm³/mol. The molecule has 2 aromatic carbocycles. The fourth-order valence-electron chi connectivity index (χ4n) is 3.53. The van der Waals surface area contributed by atoms with E-state index in [1.807, 2.05) is 65.6 Å². The van der Waals surface area contributed by atoms with Gasteiger partial charge in [-0.15, -0.1) is 11.8 Å². The maximum atomic E-state index is 13.9. The summed E-state index contributed by atoms with van der Waals surface area (Å²) < 4.78 is 27.3. The van der Waals surface area contributed by atoms with Crippen LogP contribution in [0.1, 0.15) is 16.5 Å². The Labute approximate surface area is 202 Å². The van der Waals surface area contributed by atoms with Crippen molar-refractivity contribution in [3.8, 4) is 0 Å². The first-order valence-electron chi connectivity index (χ1n) is 10.1. The van der Waals surface area contributed by atoms with Gasteiger partial charge in [0.2, 0.25) is 5.82 Å². The third-order valence-electron chi connectivity index (χ3n) is 5.14. The number of aromatic amines is 1. The van der Waals surface area contributed by atoms with Gasteiger partial charge in [-0.3, -0.25) is 14.3 Å². The Kier molecular flexibility index (Phi) is 7.82. The summed E-state index contributed by atoms with van der Waals surface area (Å²) in [5.41, 5.74) is 0.460. The Balaban J connectivity index is 1.51. The molecule has 0 unspecified atom stereocenters. The van der Waals surface area contributed by atoms with E-state index in [1.165, 1.54) is 16.3 Å². The third-order valence-corrected chi connectivity index (χ3v) is 8.58. The van der Waals surface area contributed by atoms with Crippen molar-refractivity contribution in [2.45, 2.75) is 33.9 Å². The molecule has 4 rings (SSSR count). The van der Waals surface area contributed by atoms with Crippen molar-refractivity contribution in [3.05, 3.63) is 105 Å². The molecule has 1 fully saturated rings. The number of rotatable bonds is 8. The van der Waals surface area contributed by atoms with E-state index in [4.69, 9.17) is 9.47 Å². The minimum atomic E-state index is -1.01.